The number of urea groups is 1. The van der Waals surface area contributed by atoms with Gasteiger partial charge in [0, 0.05) is 6.54 Å². The number of nitrogen functional groups attached to an aromatic ring is 1. The summed E-state index contributed by atoms with van der Waals surface area (Å²) < 4.78 is 38.1. The zero-order chi connectivity index (χ0) is 18.8. The average Bonchev–Trinajstić information content (AvgIpc) is 2.49. The Labute approximate surface area is 148 Å². The molecule has 8 heteroatoms. The van der Waals surface area contributed by atoms with Crippen molar-refractivity contribution in [2.75, 3.05) is 11.1 Å². The number of nitrogens with one attached hydrogen (secondary N) is 2. The minimum Gasteiger partial charge on any atom is -0.397 e. The number of benzene rings is 2. The molecule has 134 valence electrons. The summed E-state index contributed by atoms with van der Waals surface area (Å²) in [5.74, 6) is 0. The molecule has 0 radical (unpaired) electrons. The molecule has 2 amide bonds. The number of nitrogens with two attached hydrogens (primary N) is 1. The van der Waals surface area contributed by atoms with Crippen LogP contribution in [0.3, 0.4) is 0 Å². The third-order valence-electron chi connectivity index (χ3n) is 3.76. The molecule has 4 N–H and O–H groups in total. The maximum Gasteiger partial charge on any atom is 0.416 e. The first-order chi connectivity index (χ1) is 11.6. The van der Waals surface area contributed by atoms with Crippen LogP contribution in [-0.4, -0.2) is 6.03 Å². The van der Waals surface area contributed by atoms with E-state index in [9.17, 15) is 18.0 Å². The lowest BCUT2D eigenvalue weighted by Crippen LogP contribution is -2.29. The predicted molar refractivity (Wildman–Crippen MR) is 92.6 cm³/mol. The van der Waals surface area contributed by atoms with Crippen LogP contribution in [0.5, 0.6) is 0 Å². The Morgan fingerprint density at radius 2 is 1.80 bits per heavy atom. The van der Waals surface area contributed by atoms with E-state index in [1.54, 1.807) is 0 Å². The molecular weight excluding hydrogens is 355 g/mol. The number of alkyl halides is 3. The van der Waals surface area contributed by atoms with E-state index in [0.717, 1.165) is 28.8 Å². The molecule has 2 aromatic rings. The van der Waals surface area contributed by atoms with Gasteiger partial charge in [-0.2, -0.15) is 13.2 Å². The molecular formula is C17H17ClF3N3O. The summed E-state index contributed by atoms with van der Waals surface area (Å²) in [6, 6.07) is 6.60. The van der Waals surface area contributed by atoms with Crippen molar-refractivity contribution in [2.24, 2.45) is 0 Å². The number of carbonyl (C=O) groups excluding carboxylic acids is 1. The lowest BCUT2D eigenvalue weighted by Gasteiger charge is -2.15. The van der Waals surface area contributed by atoms with Crippen LogP contribution < -0.4 is 16.4 Å². The highest BCUT2D eigenvalue weighted by atomic mass is 35.5. The Hall–Kier alpha value is -2.41. The molecule has 4 nitrogen and oxygen atoms in total. The molecule has 2 aromatic carbocycles. The van der Waals surface area contributed by atoms with Crippen LogP contribution in [0.15, 0.2) is 30.3 Å². The quantitative estimate of drug-likeness (QED) is 0.673. The van der Waals surface area contributed by atoms with Gasteiger partial charge in [-0.3, -0.25) is 0 Å². The number of hydrogen-bond acceptors (Lipinski definition) is 2. The summed E-state index contributed by atoms with van der Waals surface area (Å²) in [5.41, 5.74) is 7.30. The molecule has 0 aliphatic carbocycles. The first-order valence-corrected chi connectivity index (χ1v) is 7.73. The van der Waals surface area contributed by atoms with Gasteiger partial charge < -0.3 is 16.4 Å². The Balaban J connectivity index is 2.11. The molecule has 0 aliphatic rings. The first kappa shape index (κ1) is 18.9. The van der Waals surface area contributed by atoms with Gasteiger partial charge in [0.1, 0.15) is 0 Å². The van der Waals surface area contributed by atoms with E-state index >= 15 is 0 Å². The van der Waals surface area contributed by atoms with E-state index in [-0.39, 0.29) is 22.9 Å². The molecule has 0 fully saturated rings. The van der Waals surface area contributed by atoms with Gasteiger partial charge in [-0.25, -0.2) is 4.79 Å². The van der Waals surface area contributed by atoms with Gasteiger partial charge in [0.15, 0.2) is 0 Å². The smallest absolute Gasteiger partial charge is 0.397 e. The van der Waals surface area contributed by atoms with Crippen molar-refractivity contribution < 1.29 is 18.0 Å². The fourth-order valence-electron chi connectivity index (χ4n) is 2.38. The molecule has 0 unspecified atom stereocenters. The van der Waals surface area contributed by atoms with E-state index in [4.69, 9.17) is 17.3 Å². The lowest BCUT2D eigenvalue weighted by atomic mass is 10.0. The summed E-state index contributed by atoms with van der Waals surface area (Å²) in [4.78, 5) is 12.0. The Morgan fingerprint density at radius 1 is 1.20 bits per heavy atom. The van der Waals surface area contributed by atoms with Crippen molar-refractivity contribution >= 4 is 29.0 Å². The number of halogens is 4. The molecule has 2 rings (SSSR count). The minimum atomic E-state index is -4.57. The summed E-state index contributed by atoms with van der Waals surface area (Å²) in [6.45, 7) is 4.11. The zero-order valence-electron chi connectivity index (χ0n) is 13.6. The van der Waals surface area contributed by atoms with Gasteiger partial charge in [0.2, 0.25) is 0 Å². The van der Waals surface area contributed by atoms with E-state index < -0.39 is 17.8 Å². The first-order valence-electron chi connectivity index (χ1n) is 7.35. The zero-order valence-corrected chi connectivity index (χ0v) is 14.3. The third kappa shape index (κ3) is 4.57. The van der Waals surface area contributed by atoms with Crippen molar-refractivity contribution in [3.63, 3.8) is 0 Å². The number of hydrogen-bond donors (Lipinski definition) is 3. The minimum absolute atomic E-state index is 0.0614. The summed E-state index contributed by atoms with van der Waals surface area (Å²) in [5, 5.41) is 4.75. The van der Waals surface area contributed by atoms with Crippen LogP contribution in [-0.2, 0) is 12.7 Å². The molecule has 0 spiro atoms. The van der Waals surface area contributed by atoms with E-state index in [1.165, 1.54) is 0 Å². The molecule has 0 bridgehead atoms. The maximum absolute atomic E-state index is 12.7. The van der Waals surface area contributed by atoms with Gasteiger partial charge in [-0.1, -0.05) is 29.8 Å². The van der Waals surface area contributed by atoms with Gasteiger partial charge in [0.25, 0.3) is 0 Å². The van der Waals surface area contributed by atoms with E-state index in [0.29, 0.717) is 0 Å². The van der Waals surface area contributed by atoms with Crippen LogP contribution >= 0.6 is 11.6 Å². The molecule has 0 aromatic heterocycles. The monoisotopic (exact) mass is 371 g/mol. The number of carbonyl (C=O) groups is 1. The number of rotatable bonds is 3. The SMILES string of the molecule is Cc1cccc(C)c1CNC(=O)Nc1c(N)cc(C(F)(F)F)cc1Cl. The molecule has 25 heavy (non-hydrogen) atoms. The Bertz CT molecular complexity index is 763. The maximum atomic E-state index is 12.7. The Kier molecular flexibility index (Phi) is 5.47. The number of aryl methyl sites for hydroxylation is 2. The van der Waals surface area contributed by atoms with E-state index in [2.05, 4.69) is 10.6 Å². The summed E-state index contributed by atoms with van der Waals surface area (Å²) >= 11 is 5.83. The fraction of sp³-hybridized carbons (Fsp3) is 0.235. The topological polar surface area (TPSA) is 67.2 Å². The van der Waals surface area contributed by atoms with Crippen LogP contribution in [0.25, 0.3) is 0 Å². The van der Waals surface area contributed by atoms with Crippen molar-refractivity contribution in [3.8, 4) is 0 Å². The second kappa shape index (κ2) is 7.23. The van der Waals surface area contributed by atoms with Gasteiger partial charge in [-0.15, -0.1) is 0 Å². The highest BCUT2D eigenvalue weighted by molar-refractivity contribution is 6.34. The van der Waals surface area contributed by atoms with Crippen molar-refractivity contribution in [1.29, 1.82) is 0 Å². The molecule has 0 aliphatic heterocycles. The van der Waals surface area contributed by atoms with Crippen LogP contribution in [0.2, 0.25) is 5.02 Å². The van der Waals surface area contributed by atoms with Gasteiger partial charge in [0.05, 0.1) is 22.0 Å². The highest BCUT2D eigenvalue weighted by Crippen LogP contribution is 2.37. The second-order valence-corrected chi connectivity index (χ2v) is 6.01. The molecule has 0 saturated carbocycles. The fourth-order valence-corrected chi connectivity index (χ4v) is 2.65. The van der Waals surface area contributed by atoms with Crippen LogP contribution in [0.4, 0.5) is 29.3 Å². The number of anilines is 2. The lowest BCUT2D eigenvalue weighted by molar-refractivity contribution is -0.137. The second-order valence-electron chi connectivity index (χ2n) is 5.60. The normalized spacial score (nSPS) is 11.3. The summed E-state index contributed by atoms with van der Waals surface area (Å²) in [7, 11) is 0. The Morgan fingerprint density at radius 3 is 2.32 bits per heavy atom. The average molecular weight is 372 g/mol. The largest absolute Gasteiger partial charge is 0.416 e. The van der Waals surface area contributed by atoms with Crippen molar-refractivity contribution in [2.45, 2.75) is 26.6 Å². The molecule has 0 saturated heterocycles. The standard InChI is InChI=1S/C17H17ClF3N3O/c1-9-4-3-5-10(2)12(9)8-23-16(25)24-15-13(18)6-11(7-14(15)22)17(19,20)21/h3-7H,8,22H2,1-2H3,(H2,23,24,25). The van der Waals surface area contributed by atoms with Crippen LogP contribution in [0.1, 0.15) is 22.3 Å². The molecule has 0 atom stereocenters. The van der Waals surface area contributed by atoms with Crippen molar-refractivity contribution in [1.82, 2.24) is 5.32 Å². The summed E-state index contributed by atoms with van der Waals surface area (Å²) in [6.07, 6.45) is -4.57. The van der Waals surface area contributed by atoms with Crippen LogP contribution in [0, 0.1) is 13.8 Å². The predicted octanol–water partition coefficient (Wildman–Crippen LogP) is 4.88. The van der Waals surface area contributed by atoms with E-state index in [1.807, 2.05) is 32.0 Å². The third-order valence-corrected chi connectivity index (χ3v) is 4.05. The van der Waals surface area contributed by atoms with Gasteiger partial charge in [-0.05, 0) is 42.7 Å². The highest BCUT2D eigenvalue weighted by Gasteiger charge is 2.32. The molecule has 0 heterocycles. The van der Waals surface area contributed by atoms with Crippen molar-refractivity contribution in [3.05, 3.63) is 57.6 Å². The number of amides is 2. The van der Waals surface area contributed by atoms with Gasteiger partial charge >= 0.3 is 12.2 Å².